The Balaban J connectivity index is 0.790. The van der Waals surface area contributed by atoms with Crippen LogP contribution in [0.1, 0.15) is 167 Å². The van der Waals surface area contributed by atoms with Gasteiger partial charge in [0, 0.05) is 5.57 Å². The minimum Gasteiger partial charge on any atom is -0.452 e. The summed E-state index contributed by atoms with van der Waals surface area (Å²) >= 11 is 0. The highest BCUT2D eigenvalue weighted by Gasteiger charge is 2.73. The molecule has 8 aliphatic heterocycles. The van der Waals surface area contributed by atoms with Gasteiger partial charge < -0.3 is 198 Å². The van der Waals surface area contributed by atoms with E-state index >= 15 is 4.79 Å². The molecular formula is C94H148O43. The van der Waals surface area contributed by atoms with E-state index < -0.39 is 347 Å². The van der Waals surface area contributed by atoms with Crippen LogP contribution in [0.25, 0.3) is 0 Å². The molecule has 13 rings (SSSR count). The predicted molar refractivity (Wildman–Crippen MR) is 465 cm³/mol. The van der Waals surface area contributed by atoms with E-state index in [0.29, 0.717) is 44.9 Å². The maximum atomic E-state index is 16.6. The van der Waals surface area contributed by atoms with Crippen LogP contribution in [0.4, 0.5) is 0 Å². The third kappa shape index (κ3) is 22.1. The van der Waals surface area contributed by atoms with Crippen molar-refractivity contribution in [1.82, 2.24) is 0 Å². The fourth-order valence-corrected chi connectivity index (χ4v) is 23.4. The smallest absolute Gasteiger partial charge is 0.336 e. The van der Waals surface area contributed by atoms with Gasteiger partial charge in [-0.15, -0.1) is 13.2 Å². The monoisotopic (exact) mass is 1960 g/mol. The largest absolute Gasteiger partial charge is 0.452 e. The Kier molecular flexibility index (Phi) is 34.8. The molecule has 22 N–H and O–H groups in total. The topological polar surface area (TPSA) is 662 Å². The van der Waals surface area contributed by atoms with Crippen molar-refractivity contribution in [2.75, 3.05) is 46.2 Å². The maximum absolute atomic E-state index is 16.6. The van der Waals surface area contributed by atoms with Gasteiger partial charge in [0.1, 0.15) is 146 Å². The molecule has 0 aromatic rings. The molecule has 47 atom stereocenters. The first-order valence-electron chi connectivity index (χ1n) is 47.7. The minimum atomic E-state index is -2.29. The van der Waals surface area contributed by atoms with Crippen LogP contribution in [0.15, 0.2) is 60.3 Å². The quantitative estimate of drug-likeness (QED) is 0.0104. The van der Waals surface area contributed by atoms with Crippen molar-refractivity contribution in [2.24, 2.45) is 50.2 Å². The summed E-state index contributed by atoms with van der Waals surface area (Å²) in [5.41, 5.74) is -7.36. The van der Waals surface area contributed by atoms with Gasteiger partial charge in [-0.3, -0.25) is 4.79 Å². The lowest BCUT2D eigenvalue weighted by Crippen LogP contribution is -2.69. The van der Waals surface area contributed by atoms with E-state index in [4.69, 9.17) is 85.3 Å². The first-order valence-corrected chi connectivity index (χ1v) is 47.7. The highest BCUT2D eigenvalue weighted by atomic mass is 16.8. The molecule has 0 bridgehead atoms. The van der Waals surface area contributed by atoms with Gasteiger partial charge in [0.15, 0.2) is 62.3 Å². The standard InChI is InChI=1S/C94H148O43/c1-15-89(10,118)25-17-19-40(3)76(115)131-72-56(101)41(4)126-83(75(72)132-77(116)43(33-95)20-18-26-90(11,119)16-2)125-39-51-61(106)63(108)74(136-82-68(113)64(109)70(42(5)127-82)133-81-69(114)71(49(99)37-123-81)134-79-66(111)58(103)47(97)35-121-79)85(129-51)137-86(117)94-30-29-87(6,7)31-45(94)44-21-22-53-91(12)27-24-55(88(8,9)52(91)23-28-92(53,13)93(44,14)32-54(94)100)130-84-73(135-80-67(112)59(104)48(98)36-122-80)62(107)60(105)50(128-84)38-124-78-65(110)57(102)46(96)34-120-78/h15-16,19-21,41-42,45-75,78-85,95-114,118-119H,1-2,17-18,22-39H2,3-14H3/b40-19+,43-20+/t41-,42-,45-,46-,47+,48+,49+,50+,51+,52-,53+,54+,55-,56-,57-,58-,59-,60+,61+,62-,63-,64-,65+,66+,67+,68+,69+,70-,71-,72+,73+,74+,75+,78-,79-,80-,81-,82-,83+,84-,85-,89+,90+,91-,92+,93+,94+/m0/s1. The Morgan fingerprint density at radius 2 is 0.942 bits per heavy atom. The van der Waals surface area contributed by atoms with Gasteiger partial charge in [0.2, 0.25) is 6.29 Å². The number of rotatable bonds is 31. The molecular weight excluding hydrogens is 1820 g/mol. The Labute approximate surface area is 794 Å². The summed E-state index contributed by atoms with van der Waals surface area (Å²) in [5, 5.41) is 248. The van der Waals surface area contributed by atoms with Gasteiger partial charge in [-0.1, -0.05) is 84.4 Å². The number of allylic oxidation sites excluding steroid dienone is 4. The first-order chi connectivity index (χ1) is 64.1. The molecule has 137 heavy (non-hydrogen) atoms. The van der Waals surface area contributed by atoms with Crippen molar-refractivity contribution < 1.29 is 212 Å². The van der Waals surface area contributed by atoms with Crippen molar-refractivity contribution >= 4 is 17.9 Å². The van der Waals surface area contributed by atoms with Gasteiger partial charge in [-0.05, 0) is 163 Å². The average Bonchev–Trinajstić information content (AvgIpc) is 0.668. The Morgan fingerprint density at radius 3 is 1.52 bits per heavy atom. The molecule has 0 aromatic heterocycles. The highest BCUT2D eigenvalue weighted by molar-refractivity contribution is 5.89. The number of carbonyl (C=O) groups is 3. The molecule has 0 radical (unpaired) electrons. The molecule has 13 aliphatic rings. The van der Waals surface area contributed by atoms with E-state index in [0.717, 1.165) is 5.57 Å². The number of carbonyl (C=O) groups excluding carboxylic acids is 3. The molecule has 8 heterocycles. The molecule has 43 heteroatoms. The van der Waals surface area contributed by atoms with Gasteiger partial charge in [-0.25, -0.2) is 9.59 Å². The zero-order valence-electron chi connectivity index (χ0n) is 79.5. The van der Waals surface area contributed by atoms with E-state index in [1.54, 1.807) is 0 Å². The van der Waals surface area contributed by atoms with E-state index in [1.165, 1.54) is 58.9 Å². The lowest BCUT2D eigenvalue weighted by atomic mass is 9.33. The fraction of sp³-hybridized carbons (Fsp3) is 0.862. The van der Waals surface area contributed by atoms with Crippen molar-refractivity contribution in [3.63, 3.8) is 0 Å². The summed E-state index contributed by atoms with van der Waals surface area (Å²) in [5.74, 6) is -4.38. The first kappa shape index (κ1) is 110. The van der Waals surface area contributed by atoms with Crippen molar-refractivity contribution in [1.29, 1.82) is 0 Å². The summed E-state index contributed by atoms with van der Waals surface area (Å²) in [6, 6.07) is 0. The zero-order valence-corrected chi connectivity index (χ0v) is 79.5. The van der Waals surface area contributed by atoms with Gasteiger partial charge in [0.05, 0.1) is 87.4 Å². The number of ether oxygens (including phenoxy) is 18. The SMILES string of the molecule is C=C[C@@](C)(O)CC/C=C(\C)C(=O)O[C@@H]1[C@@H](O)[C@H](C)O[C@@H](OC[C@H]2O[C@@H](OC(=O)[C@]34CCC(C)(C)C[C@H]3C3=CC[C@@H]5[C@@]6(C)CC[C@H](O[C@@H]7O[C@H](CO[C@@H]8OC[C@H](O)[C@H](O)[C@H]8O)[C@@H](O)[C@H](O)[C@H]7O[C@@H]7OC[C@@H](O)[C@H](O)[C@H]7O)C(C)(C)[C@@H]6CC[C@@]5(C)[C@]3(C)C[C@H]4O)[C@H](O[C@@H]3O[C@@H](C)[C@H](O[C@@H]4OC[C@@H](O)[C@H](O[C@@H]5OC[C@@H](O)[C@H](O)[C@H]5O)[C@H]4O)[C@@H](O)[C@H]3O)[C@@H](O)[C@@H]2O)[C@@H]1OC(=O)/C(=C/CC[C@](C)(O)C=C)CO. The number of aliphatic hydroxyl groups excluding tert-OH is 20. The van der Waals surface area contributed by atoms with Gasteiger partial charge >= 0.3 is 17.9 Å². The second-order valence-corrected chi connectivity index (χ2v) is 42.6. The second kappa shape index (κ2) is 43.3. The van der Waals surface area contributed by atoms with Crippen LogP contribution < -0.4 is 0 Å². The van der Waals surface area contributed by atoms with Crippen molar-refractivity contribution in [3.05, 3.63) is 60.3 Å². The van der Waals surface area contributed by atoms with Crippen LogP contribution in [0.3, 0.4) is 0 Å². The molecule has 0 aromatic carbocycles. The summed E-state index contributed by atoms with van der Waals surface area (Å²) in [6.07, 6.45) is -55.5. The molecule has 0 unspecified atom stereocenters. The molecule has 0 amide bonds. The van der Waals surface area contributed by atoms with Gasteiger partial charge in [-0.2, -0.15) is 0 Å². The van der Waals surface area contributed by atoms with Crippen LogP contribution in [0.5, 0.6) is 0 Å². The van der Waals surface area contributed by atoms with Crippen LogP contribution in [-0.2, 0) is 99.6 Å². The molecule has 8 saturated heterocycles. The normalized spacial score (nSPS) is 48.3. The molecule has 0 spiro atoms. The molecule has 12 fully saturated rings. The number of esters is 3. The van der Waals surface area contributed by atoms with E-state index in [1.807, 2.05) is 0 Å². The minimum absolute atomic E-state index is 0.00523. The summed E-state index contributed by atoms with van der Waals surface area (Å²) in [7, 11) is 0. The third-order valence-electron chi connectivity index (χ3n) is 32.4. The fourth-order valence-electron chi connectivity index (χ4n) is 23.4. The maximum Gasteiger partial charge on any atom is 0.336 e. The van der Waals surface area contributed by atoms with E-state index in [9.17, 15) is 122 Å². The zero-order chi connectivity index (χ0) is 101. The molecule has 43 nitrogen and oxygen atoms in total. The van der Waals surface area contributed by atoms with Crippen LogP contribution >= 0.6 is 0 Å². The molecule has 5 aliphatic carbocycles. The van der Waals surface area contributed by atoms with E-state index in [2.05, 4.69) is 67.7 Å². The summed E-state index contributed by atoms with van der Waals surface area (Å²) < 4.78 is 110. The number of hydrogen-bond donors (Lipinski definition) is 22. The number of hydrogen-bond acceptors (Lipinski definition) is 43. The van der Waals surface area contributed by atoms with Crippen LogP contribution in [-0.4, -0.2) is 421 Å². The highest BCUT2D eigenvalue weighted by Crippen LogP contribution is 2.76. The third-order valence-corrected chi connectivity index (χ3v) is 32.4. The second-order valence-electron chi connectivity index (χ2n) is 42.6. The molecule has 782 valence electrons. The Morgan fingerprint density at radius 1 is 0.460 bits per heavy atom. The van der Waals surface area contributed by atoms with Crippen molar-refractivity contribution in [2.45, 2.75) is 411 Å². The Bertz CT molecular complexity index is 4190. The summed E-state index contributed by atoms with van der Waals surface area (Å²) in [4.78, 5) is 45.1. The summed E-state index contributed by atoms with van der Waals surface area (Å²) in [6.45, 7) is 24.8. The average molecular weight is 1970 g/mol. The Hall–Kier alpha value is -4.37. The number of fused-ring (bicyclic) bond motifs is 7. The van der Waals surface area contributed by atoms with Crippen LogP contribution in [0, 0.1) is 50.2 Å². The lowest BCUT2D eigenvalue weighted by molar-refractivity contribution is -0.381. The molecule has 4 saturated carbocycles. The predicted octanol–water partition coefficient (Wildman–Crippen LogP) is -3.75. The van der Waals surface area contributed by atoms with Crippen molar-refractivity contribution in [3.8, 4) is 0 Å². The van der Waals surface area contributed by atoms with Crippen LogP contribution in [0.2, 0.25) is 0 Å². The van der Waals surface area contributed by atoms with Gasteiger partial charge in [0.25, 0.3) is 0 Å². The number of aliphatic hydroxyl groups is 22. The lowest BCUT2D eigenvalue weighted by Gasteiger charge is -2.72. The van der Waals surface area contributed by atoms with E-state index in [-0.39, 0.29) is 61.5 Å².